The van der Waals surface area contributed by atoms with Crippen molar-refractivity contribution < 1.29 is 44.0 Å². The zero-order valence-corrected chi connectivity index (χ0v) is 37.2. The lowest BCUT2D eigenvalue weighted by Gasteiger charge is -2.37. The zero-order chi connectivity index (χ0) is 48.3. The molecule has 24 heteroatoms. The third-order valence-corrected chi connectivity index (χ3v) is 12.0. The number of aromatic carboxylic acids is 1. The van der Waals surface area contributed by atoms with Crippen LogP contribution in [-0.4, -0.2) is 158 Å². The smallest absolute Gasteiger partial charge is 0.336 e. The number of aromatic hydroxyl groups is 1. The Labute approximate surface area is 391 Å². The number of rotatable bonds is 15. The Morgan fingerprint density at radius 1 is 0.768 bits per heavy atom. The number of piperazine rings is 2. The van der Waals surface area contributed by atoms with E-state index in [-0.39, 0.29) is 71.8 Å². The van der Waals surface area contributed by atoms with Gasteiger partial charge < -0.3 is 49.8 Å². The molecule has 69 heavy (non-hydrogen) atoms. The normalized spacial score (nSPS) is 14.6. The minimum absolute atomic E-state index is 0.0177. The van der Waals surface area contributed by atoms with Crippen molar-refractivity contribution in [2.24, 2.45) is 0 Å². The topological polar surface area (TPSA) is 304 Å². The molecule has 5 N–H and O–H groups in total. The average Bonchev–Trinajstić information content (AvgIpc) is 4.02. The molecule has 3 aromatic heterocycles. The van der Waals surface area contributed by atoms with E-state index in [9.17, 15) is 39.3 Å². The van der Waals surface area contributed by atoms with E-state index in [0.29, 0.717) is 110 Å². The van der Waals surface area contributed by atoms with Gasteiger partial charge in [-0.1, -0.05) is 16.5 Å². The number of phenols is 1. The number of fused-ring (bicyclic) bond motifs is 2. The highest BCUT2D eigenvalue weighted by Gasteiger charge is 2.30. The van der Waals surface area contributed by atoms with Crippen LogP contribution in [0.2, 0.25) is 0 Å². The molecule has 2 aromatic carbocycles. The maximum absolute atomic E-state index is 13.6. The summed E-state index contributed by atoms with van der Waals surface area (Å²) in [7, 11) is 0. The molecular formula is C45H46N14O10. The number of nitrogens with one attached hydrogen (secondary N) is 1. The van der Waals surface area contributed by atoms with Crippen LogP contribution >= 0.6 is 0 Å². The first-order valence-electron chi connectivity index (χ1n) is 22.1. The molecule has 0 radical (unpaired) electrons. The summed E-state index contributed by atoms with van der Waals surface area (Å²) in [5, 5.41) is 59.0. The van der Waals surface area contributed by atoms with E-state index in [1.165, 1.54) is 39.7 Å². The maximum atomic E-state index is 13.6. The number of aryl methyl sites for hydroxylation is 1. The summed E-state index contributed by atoms with van der Waals surface area (Å²) in [5.74, 6) is -1.70. The van der Waals surface area contributed by atoms with Gasteiger partial charge in [0.15, 0.2) is 5.43 Å². The summed E-state index contributed by atoms with van der Waals surface area (Å²) in [6.45, 7) is 4.38. The van der Waals surface area contributed by atoms with Crippen LogP contribution in [0.1, 0.15) is 41.1 Å². The number of carbonyl (C=O) groups excluding carboxylic acids is 2. The lowest BCUT2D eigenvalue weighted by atomic mass is 9.90. The molecule has 3 aliphatic heterocycles. The van der Waals surface area contributed by atoms with E-state index in [1.54, 1.807) is 53.4 Å². The van der Waals surface area contributed by atoms with Crippen LogP contribution < -0.4 is 20.5 Å². The quantitative estimate of drug-likeness (QED) is 0.0917. The standard InChI is InChI=1S/C45H46N14O10/c1-26(59-24-28(51-53-59)3-9-39(64)65)41(66)55-13-17-57(18-14-55)45-48-43(47-44(49-45)56-15-11-54(12-16-56)38(63)25-58-23-29(10-19-60)50-52-58)46-27-2-6-32(35(20-27)42(67)68)40-33-7-4-30(61)21-36(33)69-37-22-31(62)5-8-34(37)40/h2,4-8,20-24,26,60-61H,3,9-19,25H2,1H3,(H,64,65)(H,67,68)(H,46,47,48,49)/t26-/m0/s1. The average molecular weight is 943 g/mol. The maximum Gasteiger partial charge on any atom is 0.336 e. The Morgan fingerprint density at radius 3 is 2.14 bits per heavy atom. The molecule has 0 saturated carbocycles. The summed E-state index contributed by atoms with van der Waals surface area (Å²) >= 11 is 0. The van der Waals surface area contributed by atoms with Gasteiger partial charge in [-0.15, -0.1) is 10.2 Å². The van der Waals surface area contributed by atoms with Gasteiger partial charge in [0, 0.05) is 119 Å². The molecule has 1 atom stereocenters. The number of hydrogen-bond donors (Lipinski definition) is 5. The monoisotopic (exact) mass is 942 g/mol. The summed E-state index contributed by atoms with van der Waals surface area (Å²) < 4.78 is 8.85. The van der Waals surface area contributed by atoms with Gasteiger partial charge in [-0.05, 0) is 48.9 Å². The number of carboxylic acid groups (broad SMARTS) is 2. The molecule has 4 aliphatic rings. The second-order valence-corrected chi connectivity index (χ2v) is 16.6. The molecule has 2 amide bonds. The molecule has 1 aliphatic carbocycles. The highest BCUT2D eigenvalue weighted by molar-refractivity contribution is 6.08. The van der Waals surface area contributed by atoms with Crippen molar-refractivity contribution in [1.82, 2.24) is 54.7 Å². The third kappa shape index (κ3) is 9.95. The number of hydrogen-bond acceptors (Lipinski definition) is 18. The van der Waals surface area contributed by atoms with E-state index in [1.807, 2.05) is 9.80 Å². The van der Waals surface area contributed by atoms with Crippen molar-refractivity contribution in [2.45, 2.75) is 38.8 Å². The number of benzene rings is 3. The van der Waals surface area contributed by atoms with Gasteiger partial charge in [0.05, 0.1) is 23.4 Å². The first-order chi connectivity index (χ1) is 33.3. The van der Waals surface area contributed by atoms with Crippen LogP contribution in [0.5, 0.6) is 5.75 Å². The van der Waals surface area contributed by atoms with Gasteiger partial charge in [-0.25, -0.2) is 14.2 Å². The minimum atomic E-state index is -1.24. The number of amides is 2. The Kier molecular flexibility index (Phi) is 12.8. The molecule has 9 rings (SSSR count). The van der Waals surface area contributed by atoms with Crippen molar-refractivity contribution in [3.8, 4) is 28.2 Å². The largest absolute Gasteiger partial charge is 0.508 e. The van der Waals surface area contributed by atoms with E-state index < -0.39 is 18.0 Å². The zero-order valence-electron chi connectivity index (χ0n) is 37.2. The number of aromatic nitrogens is 9. The van der Waals surface area contributed by atoms with Crippen LogP contribution in [0.25, 0.3) is 33.4 Å². The number of aliphatic hydroxyl groups excluding tert-OH is 1. The van der Waals surface area contributed by atoms with E-state index >= 15 is 0 Å². The predicted octanol–water partition coefficient (Wildman–Crippen LogP) is 1.89. The SMILES string of the molecule is C[C@@H](C(=O)N1CCN(c2nc(Nc3ccc(-c4c5ccc(=O)cc-5oc5cc(O)ccc45)c(C(=O)O)c3)nc(N3CCN(C(=O)Cn4cc(CCO)nn4)CC3)n2)CC1)n1cc(CCC(=O)O)nn1. The van der Waals surface area contributed by atoms with Crippen LogP contribution in [0.3, 0.4) is 0 Å². The number of nitrogens with zero attached hydrogens (tertiary/aromatic N) is 13. The van der Waals surface area contributed by atoms with Gasteiger partial charge in [0.2, 0.25) is 29.7 Å². The van der Waals surface area contributed by atoms with Crippen LogP contribution in [-0.2, 0) is 33.8 Å². The van der Waals surface area contributed by atoms with Crippen molar-refractivity contribution in [2.75, 3.05) is 74.1 Å². The van der Waals surface area contributed by atoms with Crippen molar-refractivity contribution in [3.63, 3.8) is 0 Å². The number of aliphatic hydroxyl groups is 1. The molecular weight excluding hydrogens is 897 g/mol. The van der Waals surface area contributed by atoms with Gasteiger partial charge in [0.25, 0.3) is 0 Å². The van der Waals surface area contributed by atoms with Crippen molar-refractivity contribution in [1.29, 1.82) is 0 Å². The van der Waals surface area contributed by atoms with Gasteiger partial charge in [-0.3, -0.25) is 19.2 Å². The summed E-state index contributed by atoms with van der Waals surface area (Å²) in [4.78, 5) is 85.0. The Morgan fingerprint density at radius 2 is 1.45 bits per heavy atom. The molecule has 2 saturated heterocycles. The Balaban J connectivity index is 0.979. The molecule has 2 fully saturated rings. The molecule has 5 aromatic rings. The molecule has 0 spiro atoms. The Bertz CT molecular complexity index is 3100. The minimum Gasteiger partial charge on any atom is -0.508 e. The number of aliphatic carboxylic acids is 1. The highest BCUT2D eigenvalue weighted by Crippen LogP contribution is 2.42. The number of phenolic OH excluding ortho intramolecular Hbond substituents is 1. The molecule has 356 valence electrons. The molecule has 0 bridgehead atoms. The molecule has 24 nitrogen and oxygen atoms in total. The fourth-order valence-corrected chi connectivity index (χ4v) is 8.38. The van der Waals surface area contributed by atoms with E-state index in [0.717, 1.165) is 0 Å². The fraction of sp³-hybridized carbons (Fsp3) is 0.333. The second-order valence-electron chi connectivity index (χ2n) is 16.6. The van der Waals surface area contributed by atoms with Crippen molar-refractivity contribution in [3.05, 3.63) is 94.2 Å². The lowest BCUT2D eigenvalue weighted by Crippen LogP contribution is -2.51. The first-order valence-corrected chi connectivity index (χ1v) is 22.1. The summed E-state index contributed by atoms with van der Waals surface area (Å²) in [5.41, 5.74) is 2.54. The predicted molar refractivity (Wildman–Crippen MR) is 245 cm³/mol. The van der Waals surface area contributed by atoms with Crippen LogP contribution in [0.15, 0.2) is 76.2 Å². The molecule has 0 unspecified atom stereocenters. The summed E-state index contributed by atoms with van der Waals surface area (Å²) in [6.07, 6.45) is 3.62. The van der Waals surface area contributed by atoms with E-state index in [2.05, 4.69) is 25.9 Å². The van der Waals surface area contributed by atoms with Crippen LogP contribution in [0, 0.1) is 0 Å². The number of carbonyl (C=O) groups is 4. The van der Waals surface area contributed by atoms with Gasteiger partial charge >= 0.3 is 11.9 Å². The third-order valence-electron chi connectivity index (χ3n) is 12.0. The number of anilines is 4. The first kappa shape index (κ1) is 45.6. The van der Waals surface area contributed by atoms with E-state index in [4.69, 9.17) is 24.5 Å². The Hall–Kier alpha value is -8.54. The number of carboxylic acids is 2. The lowest BCUT2D eigenvalue weighted by molar-refractivity contribution is -0.137. The van der Waals surface area contributed by atoms with Crippen LogP contribution in [0.4, 0.5) is 23.5 Å². The second kappa shape index (κ2) is 19.4. The molecule has 6 heterocycles. The summed E-state index contributed by atoms with van der Waals surface area (Å²) in [6, 6.07) is 12.8. The fourth-order valence-electron chi connectivity index (χ4n) is 8.38. The van der Waals surface area contributed by atoms with Gasteiger partial charge in [0.1, 0.15) is 29.7 Å². The van der Waals surface area contributed by atoms with Gasteiger partial charge in [-0.2, -0.15) is 15.0 Å². The highest BCUT2D eigenvalue weighted by atomic mass is 16.4. The van der Waals surface area contributed by atoms with Crippen molar-refractivity contribution >= 4 is 58.3 Å².